The van der Waals surface area contributed by atoms with E-state index in [9.17, 15) is 0 Å². The summed E-state index contributed by atoms with van der Waals surface area (Å²) in [6.07, 6.45) is 1.68. The average Bonchev–Trinajstić information content (AvgIpc) is 2.32. The Morgan fingerprint density at radius 2 is 1.89 bits per heavy atom. The molecule has 0 unspecified atom stereocenters. The predicted octanol–water partition coefficient (Wildman–Crippen LogP) is 4.08. The van der Waals surface area contributed by atoms with E-state index in [1.165, 1.54) is 0 Å². The molecule has 1 aromatic heterocycles. The van der Waals surface area contributed by atoms with E-state index < -0.39 is 0 Å². The van der Waals surface area contributed by atoms with Gasteiger partial charge in [0.25, 0.3) is 0 Å². The van der Waals surface area contributed by atoms with Gasteiger partial charge in [-0.05, 0) is 60.0 Å². The van der Waals surface area contributed by atoms with Gasteiger partial charge in [0, 0.05) is 6.54 Å². The lowest BCUT2D eigenvalue weighted by atomic mass is 10.1. The minimum absolute atomic E-state index is 0.510. The van der Waals surface area contributed by atoms with Crippen LogP contribution in [0.1, 0.15) is 18.1 Å². The molecule has 0 aliphatic carbocycles. The molecule has 2 rings (SSSR count). The molecular weight excluding hydrogens is 306 g/mol. The first-order valence-corrected chi connectivity index (χ1v) is 6.90. The van der Waals surface area contributed by atoms with Crippen LogP contribution in [0.15, 0.2) is 28.9 Å². The Hall–Kier alpha value is -1.62. The van der Waals surface area contributed by atoms with Gasteiger partial charge in [0.05, 0.1) is 10.7 Å². The van der Waals surface area contributed by atoms with Crippen molar-refractivity contribution in [3.63, 3.8) is 0 Å². The zero-order valence-electron chi connectivity index (χ0n) is 11.2. The molecule has 0 radical (unpaired) electrons. The van der Waals surface area contributed by atoms with Crippen LogP contribution in [0, 0.1) is 13.8 Å². The second kappa shape index (κ2) is 6.02. The summed E-state index contributed by atoms with van der Waals surface area (Å²) in [5, 5.41) is 3.06. The van der Waals surface area contributed by atoms with Crippen molar-refractivity contribution < 1.29 is 4.74 Å². The second-order valence-electron chi connectivity index (χ2n) is 4.30. The molecule has 0 aliphatic heterocycles. The molecule has 2 aromatic rings. The smallest absolute Gasteiger partial charge is 0.238 e. The van der Waals surface area contributed by atoms with Gasteiger partial charge in [-0.3, -0.25) is 0 Å². The van der Waals surface area contributed by atoms with Gasteiger partial charge < -0.3 is 10.1 Å². The largest absolute Gasteiger partial charge is 0.438 e. The average molecular weight is 322 g/mol. The van der Waals surface area contributed by atoms with Gasteiger partial charge in [0.15, 0.2) is 0 Å². The van der Waals surface area contributed by atoms with Crippen LogP contribution < -0.4 is 10.1 Å². The fraction of sp³-hybridized carbons (Fsp3) is 0.286. The SMILES string of the molecule is CCNc1ncc(Br)c(Oc2cc(C)cc(C)c2)n1. The molecule has 0 saturated heterocycles. The molecule has 1 heterocycles. The second-order valence-corrected chi connectivity index (χ2v) is 5.16. The highest BCUT2D eigenvalue weighted by molar-refractivity contribution is 9.10. The summed E-state index contributed by atoms with van der Waals surface area (Å²) in [5.74, 6) is 1.85. The third-order valence-corrected chi connectivity index (χ3v) is 3.00. The Bertz CT molecular complexity index is 567. The van der Waals surface area contributed by atoms with E-state index in [1.807, 2.05) is 32.9 Å². The summed E-state index contributed by atoms with van der Waals surface area (Å²) in [6, 6.07) is 6.06. The lowest BCUT2D eigenvalue weighted by Crippen LogP contribution is -2.03. The van der Waals surface area contributed by atoms with Gasteiger partial charge in [-0.1, -0.05) is 6.07 Å². The zero-order valence-corrected chi connectivity index (χ0v) is 12.8. The number of rotatable bonds is 4. The highest BCUT2D eigenvalue weighted by Crippen LogP contribution is 2.28. The number of anilines is 1. The number of hydrogen-bond acceptors (Lipinski definition) is 4. The molecule has 0 atom stereocenters. The van der Waals surface area contributed by atoms with Crippen molar-refractivity contribution >= 4 is 21.9 Å². The topological polar surface area (TPSA) is 47.0 Å². The zero-order chi connectivity index (χ0) is 13.8. The van der Waals surface area contributed by atoms with Gasteiger partial charge in [0.1, 0.15) is 5.75 Å². The maximum Gasteiger partial charge on any atom is 0.238 e. The molecule has 19 heavy (non-hydrogen) atoms. The third-order valence-electron chi connectivity index (χ3n) is 2.46. The monoisotopic (exact) mass is 321 g/mol. The number of ether oxygens (including phenoxy) is 1. The first-order valence-electron chi connectivity index (χ1n) is 6.11. The molecule has 1 N–H and O–H groups in total. The Morgan fingerprint density at radius 1 is 1.21 bits per heavy atom. The molecule has 100 valence electrons. The van der Waals surface area contributed by atoms with E-state index in [2.05, 4.69) is 37.3 Å². The Kier molecular flexibility index (Phi) is 4.37. The van der Waals surface area contributed by atoms with Gasteiger partial charge in [-0.15, -0.1) is 0 Å². The number of halogens is 1. The maximum atomic E-state index is 5.82. The normalized spacial score (nSPS) is 10.3. The van der Waals surface area contributed by atoms with E-state index in [0.29, 0.717) is 11.8 Å². The molecule has 0 amide bonds. The van der Waals surface area contributed by atoms with Crippen molar-refractivity contribution in [2.24, 2.45) is 0 Å². The van der Waals surface area contributed by atoms with Crippen LogP contribution >= 0.6 is 15.9 Å². The summed E-state index contributed by atoms with van der Waals surface area (Å²) < 4.78 is 6.55. The van der Waals surface area contributed by atoms with Crippen molar-refractivity contribution in [2.45, 2.75) is 20.8 Å². The Balaban J connectivity index is 2.28. The summed E-state index contributed by atoms with van der Waals surface area (Å²) in [7, 11) is 0. The fourth-order valence-corrected chi connectivity index (χ4v) is 2.04. The standard InChI is InChI=1S/C14H16BrN3O/c1-4-16-14-17-8-12(15)13(18-14)19-11-6-9(2)5-10(3)7-11/h5-8H,4H2,1-3H3,(H,16,17,18). The van der Waals surface area contributed by atoms with E-state index in [-0.39, 0.29) is 0 Å². The highest BCUT2D eigenvalue weighted by atomic mass is 79.9. The van der Waals surface area contributed by atoms with Crippen molar-refractivity contribution in [2.75, 3.05) is 11.9 Å². The van der Waals surface area contributed by atoms with Gasteiger partial charge in [0.2, 0.25) is 11.8 Å². The number of aryl methyl sites for hydroxylation is 2. The Morgan fingerprint density at radius 3 is 2.53 bits per heavy atom. The molecule has 5 heteroatoms. The first-order chi connectivity index (χ1) is 9.08. The maximum absolute atomic E-state index is 5.82. The number of nitrogens with one attached hydrogen (secondary N) is 1. The molecule has 1 aromatic carbocycles. The van der Waals surface area contributed by atoms with Crippen molar-refractivity contribution in [3.05, 3.63) is 40.0 Å². The molecule has 0 spiro atoms. The number of aromatic nitrogens is 2. The van der Waals surface area contributed by atoms with Crippen molar-refractivity contribution in [3.8, 4) is 11.6 Å². The molecule has 0 bridgehead atoms. The summed E-state index contributed by atoms with van der Waals surface area (Å²) in [6.45, 7) is 6.85. The van der Waals surface area contributed by atoms with Crippen LogP contribution in [0.5, 0.6) is 11.6 Å². The lowest BCUT2D eigenvalue weighted by Gasteiger charge is -2.09. The van der Waals surface area contributed by atoms with E-state index in [4.69, 9.17) is 4.74 Å². The third kappa shape index (κ3) is 3.67. The van der Waals surface area contributed by atoms with Crippen LogP contribution in [0.25, 0.3) is 0 Å². The van der Waals surface area contributed by atoms with Gasteiger partial charge in [-0.2, -0.15) is 4.98 Å². The molecule has 4 nitrogen and oxygen atoms in total. The summed E-state index contributed by atoms with van der Waals surface area (Å²) in [5.41, 5.74) is 2.32. The van der Waals surface area contributed by atoms with Crippen molar-refractivity contribution in [1.82, 2.24) is 9.97 Å². The summed E-state index contributed by atoms with van der Waals surface area (Å²) in [4.78, 5) is 8.48. The van der Waals surface area contributed by atoms with Crippen LogP contribution in [-0.2, 0) is 0 Å². The summed E-state index contributed by atoms with van der Waals surface area (Å²) >= 11 is 3.40. The molecule has 0 saturated carbocycles. The van der Waals surface area contributed by atoms with Crippen LogP contribution in [0.2, 0.25) is 0 Å². The van der Waals surface area contributed by atoms with E-state index >= 15 is 0 Å². The quantitative estimate of drug-likeness (QED) is 0.921. The van der Waals surface area contributed by atoms with Crippen molar-refractivity contribution in [1.29, 1.82) is 0 Å². The molecular formula is C14H16BrN3O. The fourth-order valence-electron chi connectivity index (χ4n) is 1.77. The van der Waals surface area contributed by atoms with Gasteiger partial charge >= 0.3 is 0 Å². The lowest BCUT2D eigenvalue weighted by molar-refractivity contribution is 0.458. The Labute approximate surface area is 121 Å². The minimum Gasteiger partial charge on any atom is -0.438 e. The predicted molar refractivity (Wildman–Crippen MR) is 79.9 cm³/mol. The first kappa shape index (κ1) is 13.8. The van der Waals surface area contributed by atoms with E-state index in [1.54, 1.807) is 6.20 Å². The highest BCUT2D eigenvalue weighted by Gasteiger charge is 2.08. The van der Waals surface area contributed by atoms with E-state index in [0.717, 1.165) is 27.9 Å². The molecule has 0 aliphatic rings. The number of benzene rings is 1. The molecule has 0 fully saturated rings. The minimum atomic E-state index is 0.510. The number of hydrogen-bond donors (Lipinski definition) is 1. The van der Waals surface area contributed by atoms with Gasteiger partial charge in [-0.25, -0.2) is 4.98 Å². The number of nitrogens with zero attached hydrogens (tertiary/aromatic N) is 2. The van der Waals surface area contributed by atoms with Crippen LogP contribution in [-0.4, -0.2) is 16.5 Å². The van der Waals surface area contributed by atoms with Crippen LogP contribution in [0.3, 0.4) is 0 Å². The van der Waals surface area contributed by atoms with Crippen LogP contribution in [0.4, 0.5) is 5.95 Å².